The minimum atomic E-state index is -0.206. The number of benzene rings is 2. The van der Waals surface area contributed by atoms with E-state index >= 15 is 0 Å². The third kappa shape index (κ3) is 5.72. The Hall–Kier alpha value is -3.22. The van der Waals surface area contributed by atoms with Crippen molar-refractivity contribution in [3.8, 4) is 11.1 Å². The molecule has 0 bridgehead atoms. The van der Waals surface area contributed by atoms with Crippen LogP contribution in [0.2, 0.25) is 5.02 Å². The number of pyridine rings is 1. The molecule has 1 aliphatic carbocycles. The summed E-state index contributed by atoms with van der Waals surface area (Å²) in [4.78, 5) is 30.0. The molecule has 35 heavy (non-hydrogen) atoms. The van der Waals surface area contributed by atoms with Crippen molar-refractivity contribution >= 4 is 23.4 Å². The van der Waals surface area contributed by atoms with E-state index in [1.807, 2.05) is 54.6 Å². The van der Waals surface area contributed by atoms with Crippen LogP contribution in [0, 0.1) is 0 Å². The number of carbonyl (C=O) groups excluding carboxylic acids is 2. The number of nitrogens with one attached hydrogen (secondary N) is 2. The van der Waals surface area contributed by atoms with Crippen LogP contribution in [0.5, 0.6) is 0 Å². The number of aromatic nitrogens is 1. The number of amides is 2. The van der Waals surface area contributed by atoms with Crippen molar-refractivity contribution < 1.29 is 9.59 Å². The zero-order valence-corrected chi connectivity index (χ0v) is 20.6. The molecule has 6 nitrogen and oxygen atoms in total. The standard InChI is InChI=1S/C28H31ClN4O2/c1-31-26(34)16-25-24(14-20(17-32-25)19-6-3-2-4-7-19)27(35)33-23-10-12-28(18-30,13-11-23)21-8-5-9-22(29)15-21/h2-9,14-15,17,23H,10-13,16,18,30H2,1H3,(H,31,34)(H,33,35). The maximum absolute atomic E-state index is 13.4. The lowest BCUT2D eigenvalue weighted by Gasteiger charge is -2.40. The van der Waals surface area contributed by atoms with E-state index in [9.17, 15) is 9.59 Å². The van der Waals surface area contributed by atoms with E-state index < -0.39 is 0 Å². The molecule has 2 aromatic carbocycles. The average molecular weight is 491 g/mol. The molecule has 0 saturated heterocycles. The first-order valence-corrected chi connectivity index (χ1v) is 12.3. The van der Waals surface area contributed by atoms with Gasteiger partial charge in [0.25, 0.3) is 5.91 Å². The number of nitrogens with zero attached hydrogens (tertiary/aromatic N) is 1. The van der Waals surface area contributed by atoms with E-state index in [0.717, 1.165) is 42.4 Å². The maximum Gasteiger partial charge on any atom is 0.253 e. The van der Waals surface area contributed by atoms with Crippen LogP contribution in [0.25, 0.3) is 11.1 Å². The van der Waals surface area contributed by atoms with Gasteiger partial charge in [-0.25, -0.2) is 0 Å². The van der Waals surface area contributed by atoms with Crippen molar-refractivity contribution in [2.45, 2.75) is 43.6 Å². The minimum absolute atomic E-state index is 0.0228. The first-order valence-electron chi connectivity index (χ1n) is 12.0. The number of nitrogens with two attached hydrogens (primary N) is 1. The number of likely N-dealkylation sites (N-methyl/N-ethyl adjacent to an activating group) is 1. The van der Waals surface area contributed by atoms with Gasteiger partial charge in [-0.15, -0.1) is 0 Å². The Morgan fingerprint density at radius 3 is 2.46 bits per heavy atom. The van der Waals surface area contributed by atoms with E-state index in [1.165, 1.54) is 0 Å². The quantitative estimate of drug-likeness (QED) is 0.461. The van der Waals surface area contributed by atoms with Gasteiger partial charge in [0.2, 0.25) is 5.91 Å². The zero-order valence-electron chi connectivity index (χ0n) is 19.9. The predicted molar refractivity (Wildman–Crippen MR) is 139 cm³/mol. The topological polar surface area (TPSA) is 97.1 Å². The second-order valence-corrected chi connectivity index (χ2v) is 9.61. The summed E-state index contributed by atoms with van der Waals surface area (Å²) in [6.07, 6.45) is 5.11. The molecule has 7 heteroatoms. The van der Waals surface area contributed by atoms with Crippen molar-refractivity contribution in [3.05, 3.63) is 88.7 Å². The Bertz CT molecular complexity index is 1190. The molecule has 0 aliphatic heterocycles. The van der Waals surface area contributed by atoms with Crippen molar-refractivity contribution in [2.24, 2.45) is 5.73 Å². The first-order chi connectivity index (χ1) is 16.9. The highest BCUT2D eigenvalue weighted by molar-refractivity contribution is 6.30. The van der Waals surface area contributed by atoms with Gasteiger partial charge in [0.05, 0.1) is 17.7 Å². The van der Waals surface area contributed by atoms with E-state index in [4.69, 9.17) is 17.3 Å². The lowest BCUT2D eigenvalue weighted by molar-refractivity contribution is -0.120. The van der Waals surface area contributed by atoms with Gasteiger partial charge < -0.3 is 16.4 Å². The molecule has 1 fully saturated rings. The van der Waals surface area contributed by atoms with Gasteiger partial charge in [-0.3, -0.25) is 14.6 Å². The molecule has 0 unspecified atom stereocenters. The highest BCUT2D eigenvalue weighted by Crippen LogP contribution is 2.39. The average Bonchev–Trinajstić information content (AvgIpc) is 2.90. The number of halogens is 1. The third-order valence-electron chi connectivity index (χ3n) is 7.03. The molecular formula is C28H31ClN4O2. The van der Waals surface area contributed by atoms with E-state index in [-0.39, 0.29) is 29.7 Å². The maximum atomic E-state index is 13.4. The number of rotatable bonds is 7. The summed E-state index contributed by atoms with van der Waals surface area (Å²) < 4.78 is 0. The van der Waals surface area contributed by atoms with Crippen LogP contribution in [0.4, 0.5) is 0 Å². The van der Waals surface area contributed by atoms with Crippen LogP contribution in [0.1, 0.15) is 47.3 Å². The zero-order chi connectivity index (χ0) is 24.8. The highest BCUT2D eigenvalue weighted by atomic mass is 35.5. The highest BCUT2D eigenvalue weighted by Gasteiger charge is 2.36. The monoisotopic (exact) mass is 490 g/mol. The molecule has 0 radical (unpaired) electrons. The molecule has 182 valence electrons. The normalized spacial score (nSPS) is 19.7. The minimum Gasteiger partial charge on any atom is -0.359 e. The van der Waals surface area contributed by atoms with Gasteiger partial charge in [0.1, 0.15) is 0 Å². The van der Waals surface area contributed by atoms with Crippen LogP contribution in [-0.2, 0) is 16.6 Å². The van der Waals surface area contributed by atoms with Gasteiger partial charge in [0.15, 0.2) is 0 Å². The van der Waals surface area contributed by atoms with E-state index in [2.05, 4.69) is 21.7 Å². The van der Waals surface area contributed by atoms with Crippen molar-refractivity contribution in [3.63, 3.8) is 0 Å². The number of hydrogen-bond acceptors (Lipinski definition) is 4. The Balaban J connectivity index is 1.52. The molecule has 0 atom stereocenters. The van der Waals surface area contributed by atoms with Crippen LogP contribution in [-0.4, -0.2) is 36.4 Å². The molecule has 1 heterocycles. The molecule has 1 aromatic heterocycles. The fraction of sp³-hybridized carbons (Fsp3) is 0.321. The van der Waals surface area contributed by atoms with Gasteiger partial charge in [-0.1, -0.05) is 54.1 Å². The summed E-state index contributed by atoms with van der Waals surface area (Å²) in [6, 6.07) is 19.5. The number of carbonyl (C=O) groups is 2. The second-order valence-electron chi connectivity index (χ2n) is 9.18. The number of hydrogen-bond donors (Lipinski definition) is 3. The molecule has 3 aromatic rings. The SMILES string of the molecule is CNC(=O)Cc1ncc(-c2ccccc2)cc1C(=O)NC1CCC(CN)(c2cccc(Cl)c2)CC1. The summed E-state index contributed by atoms with van der Waals surface area (Å²) in [5.41, 5.74) is 9.95. The Kier molecular flexibility index (Phi) is 7.83. The molecule has 4 N–H and O–H groups in total. The smallest absolute Gasteiger partial charge is 0.253 e. The van der Waals surface area contributed by atoms with Gasteiger partial charge >= 0.3 is 0 Å². The van der Waals surface area contributed by atoms with Gasteiger partial charge in [-0.2, -0.15) is 0 Å². The summed E-state index contributed by atoms with van der Waals surface area (Å²) in [7, 11) is 1.58. The summed E-state index contributed by atoms with van der Waals surface area (Å²) in [5, 5.41) is 6.51. The summed E-state index contributed by atoms with van der Waals surface area (Å²) >= 11 is 6.23. The van der Waals surface area contributed by atoms with E-state index in [0.29, 0.717) is 22.8 Å². The largest absolute Gasteiger partial charge is 0.359 e. The van der Waals surface area contributed by atoms with Crippen molar-refractivity contribution in [1.82, 2.24) is 15.6 Å². The van der Waals surface area contributed by atoms with E-state index in [1.54, 1.807) is 13.2 Å². The second kappa shape index (κ2) is 11.0. The first kappa shape index (κ1) is 24.9. The molecule has 2 amide bonds. The molecule has 0 spiro atoms. The van der Waals surface area contributed by atoms with Crippen LogP contribution in [0.3, 0.4) is 0 Å². The Labute approximate surface area is 211 Å². The third-order valence-corrected chi connectivity index (χ3v) is 7.27. The summed E-state index contributed by atoms with van der Waals surface area (Å²) in [6.45, 7) is 0.535. The van der Waals surface area contributed by atoms with Gasteiger partial charge in [-0.05, 0) is 55.0 Å². The van der Waals surface area contributed by atoms with Gasteiger partial charge in [0, 0.05) is 41.8 Å². The summed E-state index contributed by atoms with van der Waals surface area (Å²) in [5.74, 6) is -0.395. The molecule has 4 rings (SSSR count). The molecular weight excluding hydrogens is 460 g/mol. The lowest BCUT2D eigenvalue weighted by Crippen LogP contribution is -2.45. The fourth-order valence-electron chi connectivity index (χ4n) is 4.87. The fourth-order valence-corrected chi connectivity index (χ4v) is 5.06. The van der Waals surface area contributed by atoms with Crippen LogP contribution >= 0.6 is 11.6 Å². The Morgan fingerprint density at radius 1 is 1.06 bits per heavy atom. The molecule has 1 aliphatic rings. The van der Waals surface area contributed by atoms with Crippen molar-refractivity contribution in [1.29, 1.82) is 0 Å². The van der Waals surface area contributed by atoms with Crippen molar-refractivity contribution in [2.75, 3.05) is 13.6 Å². The van der Waals surface area contributed by atoms with Crippen LogP contribution in [0.15, 0.2) is 66.9 Å². The van der Waals surface area contributed by atoms with Crippen LogP contribution < -0.4 is 16.4 Å². The predicted octanol–water partition coefficient (Wildman–Crippen LogP) is 4.26. The lowest BCUT2D eigenvalue weighted by atomic mass is 9.68. The molecule has 1 saturated carbocycles. The Morgan fingerprint density at radius 2 is 1.80 bits per heavy atom.